The summed E-state index contributed by atoms with van der Waals surface area (Å²) in [5, 5.41) is 7.76. The third-order valence-electron chi connectivity index (χ3n) is 7.21. The molecule has 11 heteroatoms. The zero-order valence-electron chi connectivity index (χ0n) is 23.4. The summed E-state index contributed by atoms with van der Waals surface area (Å²) in [6.45, 7) is 0. The number of carbonyl (C=O) groups excluding carboxylic acids is 1. The molecule has 6 aromatic rings. The predicted molar refractivity (Wildman–Crippen MR) is 161 cm³/mol. The quantitative estimate of drug-likeness (QED) is 0.205. The molecule has 2 aromatic carbocycles. The number of anilines is 1. The van der Waals surface area contributed by atoms with Crippen molar-refractivity contribution in [3.63, 3.8) is 0 Å². The van der Waals surface area contributed by atoms with Crippen molar-refractivity contribution in [2.75, 3.05) is 5.32 Å². The van der Waals surface area contributed by atoms with Gasteiger partial charge in [0.05, 0.1) is 11.8 Å². The fourth-order valence-corrected chi connectivity index (χ4v) is 5.16. The summed E-state index contributed by atoms with van der Waals surface area (Å²) in [4.78, 5) is 21.6. The number of carbonyl (C=O) groups is 1. The molecule has 44 heavy (non-hydrogen) atoms. The van der Waals surface area contributed by atoms with Gasteiger partial charge >= 0.3 is 0 Å². The second-order valence-corrected chi connectivity index (χ2v) is 10.3. The highest BCUT2D eigenvalue weighted by atomic mass is 19.1. The molecule has 1 atom stereocenters. The van der Waals surface area contributed by atoms with Crippen molar-refractivity contribution in [3.05, 3.63) is 120 Å². The minimum atomic E-state index is -0.427. The van der Waals surface area contributed by atoms with Gasteiger partial charge in [0.25, 0.3) is 5.91 Å². The fourth-order valence-electron chi connectivity index (χ4n) is 5.16. The van der Waals surface area contributed by atoms with Crippen LogP contribution in [0.15, 0.2) is 112 Å². The highest BCUT2D eigenvalue weighted by Crippen LogP contribution is 2.44. The maximum absolute atomic E-state index is 13.2. The van der Waals surface area contributed by atoms with E-state index in [0.29, 0.717) is 57.6 Å². The van der Waals surface area contributed by atoms with Crippen molar-refractivity contribution in [1.29, 1.82) is 0 Å². The van der Waals surface area contributed by atoms with Gasteiger partial charge in [0, 0.05) is 41.7 Å². The Labute approximate surface area is 250 Å². The summed E-state index contributed by atoms with van der Waals surface area (Å²) in [7, 11) is 1.84. The molecule has 3 N–H and O–H groups in total. The van der Waals surface area contributed by atoms with Crippen molar-refractivity contribution < 1.29 is 22.8 Å². The normalized spacial score (nSPS) is 14.5. The van der Waals surface area contributed by atoms with Crippen molar-refractivity contribution in [2.45, 2.75) is 12.3 Å². The molecule has 1 unspecified atom stereocenters. The summed E-state index contributed by atoms with van der Waals surface area (Å²) in [6.07, 6.45) is 11.6. The molecule has 4 heterocycles. The van der Waals surface area contributed by atoms with E-state index in [9.17, 15) is 9.18 Å². The second kappa shape index (κ2) is 11.0. The van der Waals surface area contributed by atoms with Crippen LogP contribution in [0.3, 0.4) is 0 Å². The number of nitrogens with zero attached hydrogens (tertiary/aromatic N) is 4. The number of nitrogens with one attached hydrogen (secondary N) is 1. The number of benzene rings is 2. The van der Waals surface area contributed by atoms with Gasteiger partial charge < -0.3 is 24.6 Å². The Hall–Kier alpha value is -5.97. The maximum Gasteiger partial charge on any atom is 0.291 e. The van der Waals surface area contributed by atoms with E-state index in [4.69, 9.17) is 19.3 Å². The van der Waals surface area contributed by atoms with E-state index in [1.165, 1.54) is 18.5 Å². The first-order valence-electron chi connectivity index (χ1n) is 13.8. The molecule has 0 saturated carbocycles. The largest absolute Gasteiger partial charge is 0.451 e. The van der Waals surface area contributed by atoms with E-state index in [2.05, 4.69) is 20.4 Å². The highest BCUT2D eigenvalue weighted by Gasteiger charge is 2.28. The molecule has 0 aliphatic heterocycles. The van der Waals surface area contributed by atoms with Gasteiger partial charge in [-0.2, -0.15) is 5.10 Å². The predicted octanol–water partition coefficient (Wildman–Crippen LogP) is 6.95. The lowest BCUT2D eigenvalue weighted by atomic mass is 9.89. The molecule has 1 aliphatic carbocycles. The van der Waals surface area contributed by atoms with Crippen LogP contribution in [0.5, 0.6) is 11.6 Å². The first-order valence-corrected chi connectivity index (χ1v) is 13.8. The Kier molecular flexibility index (Phi) is 6.74. The minimum Gasteiger partial charge on any atom is -0.451 e. The summed E-state index contributed by atoms with van der Waals surface area (Å²) in [5.74, 6) is 1.16. The Morgan fingerprint density at radius 1 is 1.05 bits per heavy atom. The molecule has 1 aliphatic rings. The molecule has 1 amide bonds. The van der Waals surface area contributed by atoms with Crippen LogP contribution in [0.2, 0.25) is 0 Å². The van der Waals surface area contributed by atoms with E-state index in [1.54, 1.807) is 59.4 Å². The topological polar surface area (TPSA) is 134 Å². The Balaban J connectivity index is 1.14. The van der Waals surface area contributed by atoms with Crippen LogP contribution in [-0.2, 0) is 7.05 Å². The zero-order chi connectivity index (χ0) is 30.2. The average Bonchev–Trinajstić information content (AvgIpc) is 3.77. The van der Waals surface area contributed by atoms with Crippen molar-refractivity contribution in [1.82, 2.24) is 19.7 Å². The highest BCUT2D eigenvalue weighted by molar-refractivity contribution is 6.02. The van der Waals surface area contributed by atoms with E-state index in [0.717, 1.165) is 11.1 Å². The van der Waals surface area contributed by atoms with Crippen molar-refractivity contribution in [2.24, 2.45) is 12.8 Å². The Morgan fingerprint density at radius 3 is 2.61 bits per heavy atom. The van der Waals surface area contributed by atoms with Crippen LogP contribution in [0.4, 0.5) is 10.1 Å². The number of nitrogens with two attached hydrogens (primary N) is 1. The van der Waals surface area contributed by atoms with Crippen LogP contribution >= 0.6 is 0 Å². The molecule has 0 saturated heterocycles. The molecule has 0 fully saturated rings. The maximum atomic E-state index is 13.2. The third-order valence-corrected chi connectivity index (χ3v) is 7.21. The average molecular weight is 589 g/mol. The number of hydrogen-bond donors (Lipinski definition) is 2. The van der Waals surface area contributed by atoms with Crippen LogP contribution in [-0.4, -0.2) is 25.7 Å². The number of aryl methyl sites for hydroxylation is 1. The standard InChI is InChI=1S/C33H25FN6O4/c1-40-17-21(16-38-40)30-28(20-3-2-4-23(35)15-20)29-32(36-18-37-33(29)44-30)42-25-11-9-24(10-12-25)39-31(41)27-14-13-26(43-27)19-5-7-22(34)8-6-19/h2,4-18,20H,3,35H2,1H3,(H,39,41). The third kappa shape index (κ3) is 5.22. The smallest absolute Gasteiger partial charge is 0.291 e. The van der Waals surface area contributed by atoms with Gasteiger partial charge in [-0.1, -0.05) is 12.2 Å². The zero-order valence-corrected chi connectivity index (χ0v) is 23.4. The number of halogens is 1. The molecule has 4 aromatic heterocycles. The number of furan rings is 2. The number of aromatic nitrogens is 4. The van der Waals surface area contributed by atoms with Crippen molar-refractivity contribution in [3.8, 4) is 34.3 Å². The summed E-state index contributed by atoms with van der Waals surface area (Å²) in [6, 6.07) is 15.9. The molecule has 0 radical (unpaired) electrons. The van der Waals surface area contributed by atoms with Gasteiger partial charge in [0.1, 0.15) is 34.8 Å². The minimum absolute atomic E-state index is 0.0902. The van der Waals surface area contributed by atoms with Gasteiger partial charge in [-0.05, 0) is 73.2 Å². The number of allylic oxidation sites excluding steroid dienone is 3. The monoisotopic (exact) mass is 588 g/mol. The lowest BCUT2D eigenvalue weighted by Gasteiger charge is -2.16. The number of ether oxygens (including phenoxy) is 1. The SMILES string of the molecule is Cn1cc(-c2oc3ncnc(Oc4ccc(NC(=O)c5ccc(-c6ccc(F)cc6)o5)cc4)c3c2C2C=C(N)C=CC2)cn1. The van der Waals surface area contributed by atoms with E-state index in [-0.39, 0.29) is 17.5 Å². The molecule has 0 spiro atoms. The van der Waals surface area contributed by atoms with Gasteiger partial charge in [0.2, 0.25) is 11.6 Å². The molecule has 10 nitrogen and oxygen atoms in total. The molecule has 7 rings (SSSR count). The number of hydrogen-bond acceptors (Lipinski definition) is 8. The van der Waals surface area contributed by atoms with E-state index < -0.39 is 5.91 Å². The van der Waals surface area contributed by atoms with Gasteiger partial charge in [0.15, 0.2) is 5.76 Å². The molecular formula is C33H25FN6O4. The van der Waals surface area contributed by atoms with Crippen LogP contribution in [0.1, 0.15) is 28.5 Å². The lowest BCUT2D eigenvalue weighted by molar-refractivity contribution is 0.0997. The van der Waals surface area contributed by atoms with Crippen LogP contribution in [0, 0.1) is 5.82 Å². The summed E-state index contributed by atoms with van der Waals surface area (Å²) >= 11 is 0. The van der Waals surface area contributed by atoms with Crippen LogP contribution < -0.4 is 15.8 Å². The van der Waals surface area contributed by atoms with Crippen molar-refractivity contribution >= 4 is 22.7 Å². The molecular weight excluding hydrogens is 563 g/mol. The Morgan fingerprint density at radius 2 is 1.86 bits per heavy atom. The van der Waals surface area contributed by atoms with Gasteiger partial charge in [-0.3, -0.25) is 9.48 Å². The molecule has 0 bridgehead atoms. The number of fused-ring (bicyclic) bond motifs is 1. The summed E-state index contributed by atoms with van der Waals surface area (Å²) < 4.78 is 33.1. The second-order valence-electron chi connectivity index (χ2n) is 10.3. The molecule has 218 valence electrons. The summed E-state index contributed by atoms with van der Waals surface area (Å²) in [5.41, 5.74) is 10.1. The lowest BCUT2D eigenvalue weighted by Crippen LogP contribution is -2.10. The number of rotatable bonds is 7. The van der Waals surface area contributed by atoms with E-state index >= 15 is 0 Å². The van der Waals surface area contributed by atoms with E-state index in [1.807, 2.05) is 31.5 Å². The van der Waals surface area contributed by atoms with Gasteiger partial charge in [-0.25, -0.2) is 14.4 Å². The first-order chi connectivity index (χ1) is 21.4. The van der Waals surface area contributed by atoms with Crippen LogP contribution in [0.25, 0.3) is 33.7 Å². The fraction of sp³-hybridized carbons (Fsp3) is 0.0909. The Bertz CT molecular complexity index is 2050. The van der Waals surface area contributed by atoms with Gasteiger partial charge in [-0.15, -0.1) is 0 Å². The number of amides is 1. The first kappa shape index (κ1) is 26.9.